The molecule has 71 heavy (non-hydrogen) atoms. The molecule has 10 rings (SSSR count). The molecule has 0 radical (unpaired) electrons. The molecular weight excluding hydrogens is 948 g/mol. The lowest BCUT2D eigenvalue weighted by molar-refractivity contribution is -0.247. The number of aliphatic hydroxyl groups is 4. The van der Waals surface area contributed by atoms with E-state index in [-0.39, 0.29) is 71.2 Å². The number of hydrogen-bond acceptors (Lipinski definition) is 19. The number of pyridine rings is 2. The third-order valence-electron chi connectivity index (χ3n) is 14.1. The molecule has 0 bridgehead atoms. The highest BCUT2D eigenvalue weighted by atomic mass is 35.5. The van der Waals surface area contributed by atoms with Crippen molar-refractivity contribution in [1.29, 1.82) is 0 Å². The lowest BCUT2D eigenvalue weighted by Crippen LogP contribution is -2.53. The van der Waals surface area contributed by atoms with E-state index in [2.05, 4.69) is 0 Å². The Hall–Kier alpha value is -6.33. The molecule has 5 aromatic rings. The largest absolute Gasteiger partial charge is 0.508 e. The summed E-state index contributed by atoms with van der Waals surface area (Å²) in [7, 11) is 5.18. The Morgan fingerprint density at radius 2 is 1.72 bits per heavy atom. The fourth-order valence-electron chi connectivity index (χ4n) is 10.3. The van der Waals surface area contributed by atoms with Gasteiger partial charge in [0.15, 0.2) is 23.5 Å². The van der Waals surface area contributed by atoms with Crippen LogP contribution in [0.5, 0.6) is 23.0 Å². The number of Topliss-reactive ketones (excluding diaryl/α,β-unsaturated/α-hetero) is 1. The van der Waals surface area contributed by atoms with Crippen LogP contribution in [0.4, 0.5) is 0 Å². The van der Waals surface area contributed by atoms with Crippen molar-refractivity contribution in [1.82, 2.24) is 14.5 Å². The quantitative estimate of drug-likeness (QED) is 0.0800. The number of ether oxygens (including phenoxy) is 4. The first-order chi connectivity index (χ1) is 33.2. The average Bonchev–Trinajstić information content (AvgIpc) is 3.69. The van der Waals surface area contributed by atoms with Crippen LogP contribution in [-0.4, -0.2) is 131 Å². The lowest BCUT2D eigenvalue weighted by Gasteiger charge is -2.42. The summed E-state index contributed by atoms with van der Waals surface area (Å²) < 4.78 is 23.7. The first-order valence-electron chi connectivity index (χ1n) is 22.6. The Bertz CT molecular complexity index is 3130. The van der Waals surface area contributed by atoms with Crippen LogP contribution in [0.2, 0.25) is 0 Å². The van der Waals surface area contributed by atoms with Crippen molar-refractivity contribution in [2.24, 2.45) is 5.73 Å². The topological polar surface area (TPSA) is 311 Å². The van der Waals surface area contributed by atoms with Gasteiger partial charge in [-0.25, -0.2) is 9.78 Å². The van der Waals surface area contributed by atoms with E-state index < -0.39 is 107 Å². The van der Waals surface area contributed by atoms with E-state index in [0.29, 0.717) is 41.1 Å². The molecule has 5 aliphatic rings. The SMILES string of the molecule is CC[C@@]1(O)C(=O)OCc2c1cc1n(c2=O)Cc2cc3c(CN(C)C)c(O)ccc3nc2-1.COc1cccc2c1C(=O)c1c(O)c3c(c(O)c1C2=O)C[C@@](O)(C(=O)CO)C[C@@H]3O[C@H]1C[C@H](N)[C@H](O)[C@H](C)O1.Cl. The third kappa shape index (κ3) is 8.12. The molecule has 9 N–H and O–H groups in total. The number of rotatable bonds is 8. The van der Waals surface area contributed by atoms with Crippen LogP contribution in [0.3, 0.4) is 0 Å². The number of methoxy groups -OCH3 is 1. The van der Waals surface area contributed by atoms with Gasteiger partial charge < -0.3 is 69.9 Å². The Morgan fingerprint density at radius 1 is 1.00 bits per heavy atom. The molecule has 5 heterocycles. The fourth-order valence-corrected chi connectivity index (χ4v) is 10.3. The summed E-state index contributed by atoms with van der Waals surface area (Å²) in [6, 6.07) is 10.7. The first kappa shape index (κ1) is 51.0. The maximum absolute atomic E-state index is 13.6. The van der Waals surface area contributed by atoms with Crippen LogP contribution in [0.1, 0.15) is 104 Å². The van der Waals surface area contributed by atoms with E-state index in [9.17, 15) is 59.7 Å². The minimum absolute atomic E-state index is 0. The molecule has 0 unspecified atom stereocenters. The van der Waals surface area contributed by atoms with Gasteiger partial charge in [0.2, 0.25) is 5.78 Å². The highest BCUT2D eigenvalue weighted by Crippen LogP contribution is 2.53. The molecule has 3 aliphatic heterocycles. The average molecular weight is 1000 g/mol. The number of esters is 1. The van der Waals surface area contributed by atoms with Crippen LogP contribution in [0.15, 0.2) is 47.3 Å². The molecule has 2 aromatic heterocycles. The summed E-state index contributed by atoms with van der Waals surface area (Å²) in [5.41, 5.74) is 4.40. The lowest BCUT2D eigenvalue weighted by atomic mass is 9.72. The van der Waals surface area contributed by atoms with Gasteiger partial charge in [0, 0.05) is 70.6 Å². The van der Waals surface area contributed by atoms with Crippen LogP contribution in [-0.2, 0) is 55.5 Å². The molecule has 2 aliphatic carbocycles. The number of carbonyl (C=O) groups excluding carboxylic acids is 4. The van der Waals surface area contributed by atoms with Gasteiger partial charge in [-0.1, -0.05) is 19.1 Å². The number of halogens is 1. The smallest absolute Gasteiger partial charge is 0.343 e. The van der Waals surface area contributed by atoms with Crippen molar-refractivity contribution in [3.8, 4) is 34.4 Å². The number of fused-ring (bicyclic) bond motifs is 8. The molecule has 21 heteroatoms. The highest BCUT2D eigenvalue weighted by molar-refractivity contribution is 6.31. The molecule has 7 atom stereocenters. The second kappa shape index (κ2) is 18.7. The van der Waals surface area contributed by atoms with E-state index >= 15 is 0 Å². The second-order valence-corrected chi connectivity index (χ2v) is 18.6. The van der Waals surface area contributed by atoms with Crippen LogP contribution >= 0.6 is 12.4 Å². The normalized spacial score (nSPS) is 24.8. The number of aliphatic hydroxyl groups excluding tert-OH is 2. The minimum atomic E-state index is -2.24. The zero-order chi connectivity index (χ0) is 50.5. The van der Waals surface area contributed by atoms with Crippen molar-refractivity contribution < 1.29 is 73.9 Å². The zero-order valence-electron chi connectivity index (χ0n) is 39.2. The monoisotopic (exact) mass is 1000 g/mol. The number of cyclic esters (lactones) is 1. The van der Waals surface area contributed by atoms with Gasteiger partial charge in [-0.15, -0.1) is 12.4 Å². The molecule has 20 nitrogen and oxygen atoms in total. The van der Waals surface area contributed by atoms with Gasteiger partial charge in [0.1, 0.15) is 41.8 Å². The van der Waals surface area contributed by atoms with E-state index in [0.717, 1.165) is 16.5 Å². The van der Waals surface area contributed by atoms with Gasteiger partial charge in [-0.2, -0.15) is 0 Å². The standard InChI is InChI=1S/C27H29NO11.C23H23N3O5.ClH/c1-10-22(31)13(28)6-17(38-10)39-15-8-27(36,16(30)9-29)7-12-19(15)26(35)21-20(24(12)33)23(32)11-4-3-5-14(37-2)18(11)25(21)34;1-4-23(30)16-8-18-20-12(9-26(18)21(28)15(16)11-31-22(23)29)7-13-14(10-25(2)3)19(27)6-5-17(13)24-20;/h3-5,10,13,15,17,22,29,31,33,35-36H,6-9,28H2,1-2H3;5-8,27,30H,4,9-11H2,1-3H3;1H/t10-,13-,15-,17-,22+,27-;23-;/m00./s1. The van der Waals surface area contributed by atoms with E-state index in [1.54, 1.807) is 36.6 Å². The number of carbonyl (C=O) groups is 4. The number of phenols is 3. The van der Waals surface area contributed by atoms with E-state index in [1.165, 1.54) is 25.3 Å². The van der Waals surface area contributed by atoms with Crippen molar-refractivity contribution in [3.63, 3.8) is 0 Å². The van der Waals surface area contributed by atoms with Gasteiger partial charge in [0.05, 0.1) is 71.1 Å². The van der Waals surface area contributed by atoms with Gasteiger partial charge in [0.25, 0.3) is 5.56 Å². The Morgan fingerprint density at radius 3 is 2.38 bits per heavy atom. The maximum atomic E-state index is 13.6. The molecule has 0 spiro atoms. The number of aromatic hydroxyl groups is 3. The summed E-state index contributed by atoms with van der Waals surface area (Å²) in [5, 5.41) is 75.9. The predicted molar refractivity (Wildman–Crippen MR) is 253 cm³/mol. The Kier molecular flexibility index (Phi) is 13.4. The van der Waals surface area contributed by atoms with Crippen molar-refractivity contribution in [2.75, 3.05) is 27.8 Å². The number of phenolic OH excluding ortho intramolecular Hbond substituents is 3. The van der Waals surface area contributed by atoms with Crippen molar-refractivity contribution >= 4 is 46.6 Å². The Balaban J connectivity index is 0.000000192. The maximum Gasteiger partial charge on any atom is 0.343 e. The number of nitrogens with zero attached hydrogens (tertiary/aromatic N) is 3. The van der Waals surface area contributed by atoms with Gasteiger partial charge >= 0.3 is 5.97 Å². The number of aromatic nitrogens is 2. The summed E-state index contributed by atoms with van der Waals surface area (Å²) in [5.74, 6) is -4.31. The highest BCUT2D eigenvalue weighted by Gasteiger charge is 2.51. The zero-order valence-corrected chi connectivity index (χ0v) is 40.0. The molecule has 1 saturated heterocycles. The summed E-state index contributed by atoms with van der Waals surface area (Å²) in [4.78, 5) is 72.0. The number of nitrogens with two attached hydrogens (primary N) is 1. The molecule has 3 aromatic carbocycles. The summed E-state index contributed by atoms with van der Waals surface area (Å²) >= 11 is 0. The predicted octanol–water partition coefficient (Wildman–Crippen LogP) is 2.27. The summed E-state index contributed by atoms with van der Waals surface area (Å²) in [6.45, 7) is 2.97. The molecule has 376 valence electrons. The van der Waals surface area contributed by atoms with Crippen LogP contribution < -0.4 is 16.0 Å². The van der Waals surface area contributed by atoms with E-state index in [1.807, 2.05) is 25.1 Å². The first-order valence-corrected chi connectivity index (χ1v) is 22.6. The second-order valence-electron chi connectivity index (χ2n) is 18.6. The Labute approximate surface area is 411 Å². The number of benzene rings is 3. The summed E-state index contributed by atoms with van der Waals surface area (Å²) in [6.07, 6.45) is -5.02. The van der Waals surface area contributed by atoms with Gasteiger partial charge in [-0.05, 0) is 57.8 Å². The third-order valence-corrected chi connectivity index (χ3v) is 14.1. The molecule has 0 amide bonds. The minimum Gasteiger partial charge on any atom is -0.508 e. The molecule has 0 saturated carbocycles. The van der Waals surface area contributed by atoms with Crippen molar-refractivity contribution in [2.45, 2.75) is 101 Å². The van der Waals surface area contributed by atoms with E-state index in [4.69, 9.17) is 29.7 Å². The number of hydrogen-bond donors (Lipinski definition) is 8. The fraction of sp³-hybridized carbons (Fsp3) is 0.400. The molecular formula is C50H53ClN4O16. The molecule has 1 fully saturated rings. The van der Waals surface area contributed by atoms with Crippen LogP contribution in [0.25, 0.3) is 22.3 Å². The number of ketones is 3. The van der Waals surface area contributed by atoms with Gasteiger partial charge in [-0.3, -0.25) is 19.2 Å². The van der Waals surface area contributed by atoms with Crippen molar-refractivity contribution in [3.05, 3.63) is 108 Å². The van der Waals surface area contributed by atoms with Crippen LogP contribution in [0, 0.1) is 0 Å².